The summed E-state index contributed by atoms with van der Waals surface area (Å²) in [6, 6.07) is 4.27. The fourth-order valence-electron chi connectivity index (χ4n) is 0.964. The molecule has 0 saturated heterocycles. The maximum absolute atomic E-state index is 3.01. The van der Waals surface area contributed by atoms with Crippen LogP contribution in [0.3, 0.4) is 0 Å². The number of aromatic amines is 1. The molecule has 0 aliphatic heterocycles. The maximum atomic E-state index is 3.01. The average molecular weight is 184 g/mol. The van der Waals surface area contributed by atoms with Crippen molar-refractivity contribution >= 4 is 0 Å². The first-order valence-corrected chi connectivity index (χ1v) is 3.80. The Bertz CT molecular complexity index is 182. The lowest BCUT2D eigenvalue weighted by Crippen LogP contribution is -2.00. The van der Waals surface area contributed by atoms with Crippen LogP contribution in [0.1, 0.15) is 54.0 Å². The second-order valence-electron chi connectivity index (χ2n) is 2.64. The summed E-state index contributed by atoms with van der Waals surface area (Å²) in [5.41, 5.74) is 1.42. The van der Waals surface area contributed by atoms with Gasteiger partial charge in [-0.25, -0.2) is 4.98 Å². The number of pyridine rings is 1. The molecule has 0 fully saturated rings. The zero-order valence-electron chi connectivity index (χ0n) is 6.59. The highest BCUT2D eigenvalue weighted by Crippen LogP contribution is 2.15. The van der Waals surface area contributed by atoms with Gasteiger partial charge in [-0.2, -0.15) is 0 Å². The fraction of sp³-hybridized carbons (Fsp3) is 0.583. The smallest absolute Gasteiger partial charge is 0.167 e. The summed E-state index contributed by atoms with van der Waals surface area (Å²) < 4.78 is 0. The van der Waals surface area contributed by atoms with Gasteiger partial charge in [0.1, 0.15) is 0 Å². The van der Waals surface area contributed by atoms with Crippen LogP contribution >= 0.6 is 0 Å². The Morgan fingerprint density at radius 1 is 1.15 bits per heavy atom. The first-order chi connectivity index (χ1) is 4.84. The molecule has 0 saturated carbocycles. The molecule has 0 spiro atoms. The molecule has 0 aromatic carbocycles. The summed E-state index contributed by atoms with van der Waals surface area (Å²) >= 11 is 0. The van der Waals surface area contributed by atoms with Gasteiger partial charge in [0.05, 0.1) is 0 Å². The van der Waals surface area contributed by atoms with Crippen LogP contribution in [0.25, 0.3) is 0 Å². The Labute approximate surface area is 84.2 Å². The van der Waals surface area contributed by atoms with Gasteiger partial charge in [-0.3, -0.25) is 0 Å². The van der Waals surface area contributed by atoms with E-state index in [9.17, 15) is 0 Å². The van der Waals surface area contributed by atoms with Crippen molar-refractivity contribution in [1.82, 2.24) is 0 Å². The number of rotatable bonds is 2. The summed E-state index contributed by atoms with van der Waals surface area (Å²) in [4.78, 5) is 3.01. The molecule has 78 valence electrons. The zero-order chi connectivity index (χ0) is 7.40. The number of H-pyrrole nitrogens is 1. The van der Waals surface area contributed by atoms with Crippen LogP contribution in [0.5, 0.6) is 0 Å². The molecule has 1 nitrogen and oxygen atoms in total. The van der Waals surface area contributed by atoms with Gasteiger partial charge in [-0.05, 0) is 17.9 Å². The van der Waals surface area contributed by atoms with E-state index in [-0.39, 0.29) is 22.3 Å². The molecule has 1 unspecified atom stereocenters. The minimum atomic E-state index is 0. The van der Waals surface area contributed by atoms with Gasteiger partial charge in [-0.15, -0.1) is 0 Å². The van der Waals surface area contributed by atoms with E-state index in [2.05, 4.69) is 31.0 Å². The van der Waals surface area contributed by atoms with Crippen molar-refractivity contribution in [2.45, 2.75) is 48.5 Å². The number of nitrogens with one attached hydrogen (secondary N) is 1. The quantitative estimate of drug-likeness (QED) is 0.661. The Kier molecular flexibility index (Phi) is 12.8. The highest BCUT2D eigenvalue weighted by molar-refractivity contribution is 5.12. The van der Waals surface area contributed by atoms with Crippen molar-refractivity contribution in [3.63, 3.8) is 0 Å². The normalized spacial score (nSPS) is 10.0. The molecule has 0 radical (unpaired) electrons. The van der Waals surface area contributed by atoms with E-state index in [1.807, 2.05) is 12.4 Å². The van der Waals surface area contributed by atoms with Gasteiger partial charge in [-0.1, -0.05) is 36.1 Å². The fourth-order valence-corrected chi connectivity index (χ4v) is 0.964. The van der Waals surface area contributed by atoms with Crippen molar-refractivity contribution in [2.24, 2.45) is 0 Å². The molecule has 13 heavy (non-hydrogen) atoms. The summed E-state index contributed by atoms with van der Waals surface area (Å²) in [5, 5.41) is 0. The van der Waals surface area contributed by atoms with Crippen molar-refractivity contribution in [3.8, 4) is 0 Å². The van der Waals surface area contributed by atoms with Crippen molar-refractivity contribution in [1.29, 1.82) is 0 Å². The van der Waals surface area contributed by atoms with E-state index < -0.39 is 0 Å². The van der Waals surface area contributed by atoms with Crippen LogP contribution in [0.15, 0.2) is 24.5 Å². The monoisotopic (exact) mass is 184 g/mol. The predicted octanol–water partition coefficient (Wildman–Crippen LogP) is 3.92. The van der Waals surface area contributed by atoms with Gasteiger partial charge in [0.15, 0.2) is 12.4 Å². The van der Waals surface area contributed by atoms with Crippen molar-refractivity contribution in [3.05, 3.63) is 30.1 Å². The molecule has 0 aliphatic rings. The first kappa shape index (κ1) is 18.0. The third-order valence-corrected chi connectivity index (χ3v) is 1.93. The lowest BCUT2D eigenvalue weighted by atomic mass is 10.0. The third-order valence-electron chi connectivity index (χ3n) is 1.93. The largest absolute Gasteiger partial charge is 0.218 e. The molecule has 1 aromatic heterocycles. The topological polar surface area (TPSA) is 14.1 Å². The standard InChI is InChI=1S/C9H13N.3CH4/c1-3-8(2)9-4-6-10-7-5-9;;;/h4-8H,3H2,1-2H3;3*1H4/p+1. The molecule has 1 aromatic rings. The van der Waals surface area contributed by atoms with Crippen LogP contribution in [-0.4, -0.2) is 0 Å². The molecule has 1 atom stereocenters. The van der Waals surface area contributed by atoms with Gasteiger partial charge in [0, 0.05) is 12.1 Å². The Balaban J connectivity index is -0.000000333. The van der Waals surface area contributed by atoms with E-state index in [0.717, 1.165) is 0 Å². The molecule has 0 bridgehead atoms. The zero-order valence-corrected chi connectivity index (χ0v) is 6.59. The molecular formula is C12H26N+. The number of hydrogen-bond acceptors (Lipinski definition) is 0. The molecule has 1 N–H and O–H groups in total. The second kappa shape index (κ2) is 9.24. The molecule has 1 rings (SSSR count). The Morgan fingerprint density at radius 3 is 2.00 bits per heavy atom. The van der Waals surface area contributed by atoms with E-state index in [1.54, 1.807) is 0 Å². The lowest BCUT2D eigenvalue weighted by molar-refractivity contribution is -0.378. The van der Waals surface area contributed by atoms with Crippen LogP contribution in [0.4, 0.5) is 0 Å². The lowest BCUT2D eigenvalue weighted by Gasteiger charge is -2.04. The van der Waals surface area contributed by atoms with Crippen molar-refractivity contribution < 1.29 is 4.98 Å². The number of hydrogen-bond donors (Lipinski definition) is 0. The molecule has 0 amide bonds. The van der Waals surface area contributed by atoms with E-state index in [0.29, 0.717) is 5.92 Å². The van der Waals surface area contributed by atoms with Crippen LogP contribution in [0, 0.1) is 0 Å². The molecule has 1 heteroatoms. The highest BCUT2D eigenvalue weighted by Gasteiger charge is 2.01. The van der Waals surface area contributed by atoms with E-state index in [4.69, 9.17) is 0 Å². The molecule has 1 heterocycles. The summed E-state index contributed by atoms with van der Waals surface area (Å²) in [6.07, 6.45) is 5.16. The molecular weight excluding hydrogens is 158 g/mol. The van der Waals surface area contributed by atoms with Gasteiger partial charge < -0.3 is 0 Å². The van der Waals surface area contributed by atoms with Crippen LogP contribution in [0.2, 0.25) is 0 Å². The summed E-state index contributed by atoms with van der Waals surface area (Å²) in [6.45, 7) is 4.46. The van der Waals surface area contributed by atoms with Gasteiger partial charge >= 0.3 is 0 Å². The minimum absolute atomic E-state index is 0. The highest BCUT2D eigenvalue weighted by atomic mass is 14.6. The minimum Gasteiger partial charge on any atom is -0.218 e. The first-order valence-electron chi connectivity index (χ1n) is 3.80. The van der Waals surface area contributed by atoms with Crippen LogP contribution < -0.4 is 4.98 Å². The summed E-state index contributed by atoms with van der Waals surface area (Å²) in [7, 11) is 0. The van der Waals surface area contributed by atoms with Gasteiger partial charge in [0.2, 0.25) is 0 Å². The Hall–Kier alpha value is -0.850. The molecule has 0 aliphatic carbocycles. The third kappa shape index (κ3) is 5.40. The maximum Gasteiger partial charge on any atom is 0.167 e. The van der Waals surface area contributed by atoms with Crippen LogP contribution in [-0.2, 0) is 0 Å². The summed E-state index contributed by atoms with van der Waals surface area (Å²) in [5.74, 6) is 0.689. The van der Waals surface area contributed by atoms with E-state index >= 15 is 0 Å². The predicted molar refractivity (Wildman–Crippen MR) is 61.9 cm³/mol. The van der Waals surface area contributed by atoms with E-state index in [1.165, 1.54) is 12.0 Å². The second-order valence-corrected chi connectivity index (χ2v) is 2.64. The van der Waals surface area contributed by atoms with Gasteiger partial charge in [0.25, 0.3) is 0 Å². The number of aromatic nitrogens is 1. The van der Waals surface area contributed by atoms with Crippen molar-refractivity contribution in [2.75, 3.05) is 0 Å². The average Bonchev–Trinajstić information content (AvgIpc) is 2.05. The Morgan fingerprint density at radius 2 is 1.62 bits per heavy atom. The SMILES string of the molecule is C.C.C.CCC(C)c1cc[nH+]cc1.